The number of allylic oxidation sites excluding steroid dienone is 1. The van der Waals surface area contributed by atoms with Gasteiger partial charge in [-0.05, 0) is 49.3 Å². The molecule has 4 N–H and O–H groups in total. The number of aliphatic hydroxyl groups is 1. The number of aryl methyl sites for hydroxylation is 1. The lowest BCUT2D eigenvalue weighted by molar-refractivity contribution is -0.142. The van der Waals surface area contributed by atoms with E-state index in [4.69, 9.17) is 15.3 Å². The third kappa shape index (κ3) is 7.91. The normalized spacial score (nSPS) is 15.0. The maximum Gasteiger partial charge on any atom is 0.328 e. The molecule has 1 aromatic rings. The minimum Gasteiger partial charge on any atom is -0.480 e. The van der Waals surface area contributed by atoms with Gasteiger partial charge in [-0.15, -0.1) is 0 Å². The van der Waals surface area contributed by atoms with Gasteiger partial charge in [0.05, 0.1) is 6.61 Å². The van der Waals surface area contributed by atoms with Gasteiger partial charge >= 0.3 is 11.9 Å². The summed E-state index contributed by atoms with van der Waals surface area (Å²) in [6, 6.07) is 4.56. The third-order valence-corrected chi connectivity index (χ3v) is 4.58. The molecular formula is C22H29NO6. The minimum absolute atomic E-state index is 0.0192. The zero-order chi connectivity index (χ0) is 22.1. The van der Waals surface area contributed by atoms with Crippen LogP contribution in [-0.2, 0) is 14.4 Å². The van der Waals surface area contributed by atoms with Gasteiger partial charge in [-0.1, -0.05) is 43.7 Å². The van der Waals surface area contributed by atoms with E-state index in [1.54, 1.807) is 19.1 Å². The molecule has 0 bridgehead atoms. The van der Waals surface area contributed by atoms with Crippen LogP contribution >= 0.6 is 0 Å². The summed E-state index contributed by atoms with van der Waals surface area (Å²) in [6.45, 7) is 6.85. The van der Waals surface area contributed by atoms with Crippen molar-refractivity contribution in [1.82, 2.24) is 5.32 Å². The molecule has 0 radical (unpaired) electrons. The molecule has 0 unspecified atom stereocenters. The molecule has 0 saturated heterocycles. The Bertz CT molecular complexity index is 812. The lowest BCUT2D eigenvalue weighted by Crippen LogP contribution is -2.43. The molecule has 0 saturated carbocycles. The summed E-state index contributed by atoms with van der Waals surface area (Å²) < 4.78 is 0. The highest BCUT2D eigenvalue weighted by molar-refractivity contribution is 5.95. The molecule has 0 fully saturated rings. The molecule has 1 rings (SSSR count). The molecule has 0 aromatic heterocycles. The Labute approximate surface area is 170 Å². The van der Waals surface area contributed by atoms with Crippen molar-refractivity contribution in [3.05, 3.63) is 52.6 Å². The van der Waals surface area contributed by atoms with Crippen molar-refractivity contribution >= 4 is 23.9 Å². The van der Waals surface area contributed by atoms with Crippen LogP contribution in [0.25, 0.3) is 6.08 Å². The molecular weight excluding hydrogens is 374 g/mol. The summed E-state index contributed by atoms with van der Waals surface area (Å²) in [6.07, 6.45) is 5.18. The van der Waals surface area contributed by atoms with E-state index in [0.717, 1.165) is 22.8 Å². The number of aliphatic carboxylic acids is 2. The summed E-state index contributed by atoms with van der Waals surface area (Å²) in [4.78, 5) is 33.9. The third-order valence-electron chi connectivity index (χ3n) is 4.58. The number of hydrogen-bond donors (Lipinski definition) is 4. The molecule has 1 aromatic carbocycles. The van der Waals surface area contributed by atoms with E-state index in [-0.39, 0.29) is 11.8 Å². The van der Waals surface area contributed by atoms with Crippen molar-refractivity contribution in [2.45, 2.75) is 46.1 Å². The largest absolute Gasteiger partial charge is 0.480 e. The monoisotopic (exact) mass is 403 g/mol. The Morgan fingerprint density at radius 2 is 1.83 bits per heavy atom. The van der Waals surface area contributed by atoms with Gasteiger partial charge in [0.15, 0.2) is 6.04 Å². The van der Waals surface area contributed by atoms with E-state index in [9.17, 15) is 14.4 Å². The van der Waals surface area contributed by atoms with Crippen molar-refractivity contribution in [3.8, 4) is 0 Å². The van der Waals surface area contributed by atoms with E-state index in [0.29, 0.717) is 12.0 Å². The molecule has 0 spiro atoms. The Kier molecular flexibility index (Phi) is 9.28. The first-order valence-electron chi connectivity index (χ1n) is 9.39. The van der Waals surface area contributed by atoms with Gasteiger partial charge in [-0.2, -0.15) is 0 Å². The molecule has 158 valence electrons. The fourth-order valence-electron chi connectivity index (χ4n) is 3.16. The van der Waals surface area contributed by atoms with E-state index in [2.05, 4.69) is 5.32 Å². The van der Waals surface area contributed by atoms with Gasteiger partial charge < -0.3 is 20.6 Å². The van der Waals surface area contributed by atoms with E-state index < -0.39 is 30.5 Å². The fourth-order valence-corrected chi connectivity index (χ4v) is 3.16. The van der Waals surface area contributed by atoms with Crippen LogP contribution in [0.2, 0.25) is 0 Å². The second-order valence-electron chi connectivity index (χ2n) is 7.31. The SMILES string of the molecule is CC(=C[C@@H](C)C[C@H](C)c1ccc(C)cc1C=CC(=O)O)C(=O)N[C@@H](CO)C(=O)O. The van der Waals surface area contributed by atoms with Gasteiger partial charge in [0.2, 0.25) is 5.91 Å². The van der Waals surface area contributed by atoms with Crippen molar-refractivity contribution in [2.24, 2.45) is 5.92 Å². The molecule has 0 aliphatic heterocycles. The smallest absolute Gasteiger partial charge is 0.328 e. The second kappa shape index (κ2) is 11.2. The molecule has 0 heterocycles. The highest BCUT2D eigenvalue weighted by Crippen LogP contribution is 2.29. The van der Waals surface area contributed by atoms with Crippen molar-refractivity contribution in [2.75, 3.05) is 6.61 Å². The van der Waals surface area contributed by atoms with E-state index in [1.165, 1.54) is 0 Å². The summed E-state index contributed by atoms with van der Waals surface area (Å²) in [7, 11) is 0. The molecule has 0 aliphatic carbocycles. The quantitative estimate of drug-likeness (QED) is 0.445. The molecule has 7 heteroatoms. The number of aliphatic hydroxyl groups excluding tert-OH is 1. The Balaban J connectivity index is 2.90. The van der Waals surface area contributed by atoms with Crippen molar-refractivity contribution in [3.63, 3.8) is 0 Å². The zero-order valence-corrected chi connectivity index (χ0v) is 17.2. The number of amides is 1. The number of carbonyl (C=O) groups excluding carboxylic acids is 1. The standard InChI is InChI=1S/C22H29NO6/c1-13-5-7-18(17(11-13)6-8-20(25)26)15(3)9-14(2)10-16(4)21(27)23-19(12-24)22(28)29/h5-8,10-11,14-15,19,24H,9,12H2,1-4H3,(H,23,27)(H,25,26)(H,28,29)/t14-,15-,19-/m0/s1. The number of nitrogens with one attached hydrogen (secondary N) is 1. The molecule has 3 atom stereocenters. The van der Waals surface area contributed by atoms with Crippen LogP contribution in [0.3, 0.4) is 0 Å². The Morgan fingerprint density at radius 1 is 1.17 bits per heavy atom. The Hall–Kier alpha value is -2.93. The summed E-state index contributed by atoms with van der Waals surface area (Å²) in [5.74, 6) is -2.71. The maximum absolute atomic E-state index is 12.1. The van der Waals surface area contributed by atoms with E-state index in [1.807, 2.05) is 39.0 Å². The van der Waals surface area contributed by atoms with Crippen LogP contribution in [0, 0.1) is 12.8 Å². The first-order valence-corrected chi connectivity index (χ1v) is 9.39. The van der Waals surface area contributed by atoms with E-state index >= 15 is 0 Å². The number of rotatable bonds is 10. The fraction of sp³-hybridized carbons (Fsp3) is 0.409. The first kappa shape index (κ1) is 24.1. The second-order valence-corrected chi connectivity index (χ2v) is 7.31. The number of carboxylic acids is 2. The number of carbonyl (C=O) groups is 3. The Morgan fingerprint density at radius 3 is 2.38 bits per heavy atom. The first-order chi connectivity index (χ1) is 13.5. The van der Waals surface area contributed by atoms with Gasteiger partial charge in [-0.25, -0.2) is 9.59 Å². The molecule has 29 heavy (non-hydrogen) atoms. The lowest BCUT2D eigenvalue weighted by atomic mass is 9.87. The van der Waals surface area contributed by atoms with Crippen LogP contribution in [0.5, 0.6) is 0 Å². The van der Waals surface area contributed by atoms with Gasteiger partial charge in [-0.3, -0.25) is 4.79 Å². The van der Waals surface area contributed by atoms with Crippen LogP contribution in [0.4, 0.5) is 0 Å². The number of hydrogen-bond acceptors (Lipinski definition) is 4. The van der Waals surface area contributed by atoms with Gasteiger partial charge in [0, 0.05) is 11.6 Å². The lowest BCUT2D eigenvalue weighted by Gasteiger charge is -2.19. The predicted octanol–water partition coefficient (Wildman–Crippen LogP) is 2.73. The van der Waals surface area contributed by atoms with Crippen LogP contribution in [0.1, 0.15) is 49.8 Å². The zero-order valence-electron chi connectivity index (χ0n) is 17.2. The highest BCUT2D eigenvalue weighted by Gasteiger charge is 2.20. The molecule has 1 amide bonds. The summed E-state index contributed by atoms with van der Waals surface area (Å²) >= 11 is 0. The number of benzene rings is 1. The van der Waals surface area contributed by atoms with Crippen LogP contribution in [-0.4, -0.2) is 45.8 Å². The summed E-state index contributed by atoms with van der Waals surface area (Å²) in [5, 5.41) is 29.1. The predicted molar refractivity (Wildman–Crippen MR) is 110 cm³/mol. The van der Waals surface area contributed by atoms with Crippen LogP contribution in [0.15, 0.2) is 35.9 Å². The average molecular weight is 403 g/mol. The molecule has 0 aliphatic rings. The highest BCUT2D eigenvalue weighted by atomic mass is 16.4. The topological polar surface area (TPSA) is 124 Å². The van der Waals surface area contributed by atoms with Gasteiger partial charge in [0.1, 0.15) is 0 Å². The average Bonchev–Trinajstić information content (AvgIpc) is 2.63. The summed E-state index contributed by atoms with van der Waals surface area (Å²) in [5.41, 5.74) is 3.27. The maximum atomic E-state index is 12.1. The molecule has 7 nitrogen and oxygen atoms in total. The number of carboxylic acid groups (broad SMARTS) is 2. The van der Waals surface area contributed by atoms with Crippen molar-refractivity contribution < 1.29 is 29.7 Å². The van der Waals surface area contributed by atoms with Crippen molar-refractivity contribution in [1.29, 1.82) is 0 Å². The van der Waals surface area contributed by atoms with Gasteiger partial charge in [0.25, 0.3) is 0 Å². The minimum atomic E-state index is -1.34. The van der Waals surface area contributed by atoms with Crippen LogP contribution < -0.4 is 5.32 Å².